The molecule has 1 amide bonds. The van der Waals surface area contributed by atoms with Crippen molar-refractivity contribution < 1.29 is 17.9 Å². The Morgan fingerprint density at radius 3 is 2.93 bits per heavy atom. The van der Waals surface area contributed by atoms with Gasteiger partial charge >= 0.3 is 0 Å². The summed E-state index contributed by atoms with van der Waals surface area (Å²) in [5.41, 5.74) is 2.38. The maximum absolute atomic E-state index is 12.3. The lowest BCUT2D eigenvalue weighted by Gasteiger charge is -2.12. The number of aryl methyl sites for hydroxylation is 1. The molecule has 3 rings (SSSR count). The molecule has 2 atom stereocenters. The Labute approximate surface area is 164 Å². The van der Waals surface area contributed by atoms with Crippen molar-refractivity contribution in [1.29, 1.82) is 0 Å². The first-order chi connectivity index (χ1) is 12.9. The second kappa shape index (κ2) is 8.62. The van der Waals surface area contributed by atoms with Crippen LogP contribution in [0.3, 0.4) is 0 Å². The van der Waals surface area contributed by atoms with E-state index in [0.29, 0.717) is 25.3 Å². The number of amides is 1. The van der Waals surface area contributed by atoms with Crippen LogP contribution in [0.4, 0.5) is 5.69 Å². The number of anilines is 1. The summed E-state index contributed by atoms with van der Waals surface area (Å²) in [6.45, 7) is 5.77. The molecule has 0 unspecified atom stereocenters. The third-order valence-electron chi connectivity index (χ3n) is 4.51. The van der Waals surface area contributed by atoms with Gasteiger partial charge in [-0.05, 0) is 38.0 Å². The van der Waals surface area contributed by atoms with Crippen LogP contribution in [-0.4, -0.2) is 62.0 Å². The summed E-state index contributed by atoms with van der Waals surface area (Å²) in [6.07, 6.45) is 0.773. The van der Waals surface area contributed by atoms with Crippen molar-refractivity contribution in [2.24, 2.45) is 4.99 Å². The summed E-state index contributed by atoms with van der Waals surface area (Å²) < 4.78 is 28.6. The summed E-state index contributed by atoms with van der Waals surface area (Å²) in [5.74, 6) is 0.178. The molecule has 148 valence electrons. The molecular formula is C18H25N3O4S2. The molecule has 1 fully saturated rings. The van der Waals surface area contributed by atoms with E-state index in [2.05, 4.69) is 15.6 Å². The van der Waals surface area contributed by atoms with Gasteiger partial charge in [-0.25, -0.2) is 8.42 Å². The number of amidine groups is 1. The van der Waals surface area contributed by atoms with Crippen molar-refractivity contribution in [2.45, 2.75) is 31.6 Å². The first kappa shape index (κ1) is 20.2. The minimum Gasteiger partial charge on any atom is -0.382 e. The molecule has 0 aliphatic carbocycles. The van der Waals surface area contributed by atoms with Crippen LogP contribution in [0.15, 0.2) is 23.2 Å². The average molecular weight is 412 g/mol. The Morgan fingerprint density at radius 2 is 2.19 bits per heavy atom. The maximum atomic E-state index is 12.3. The van der Waals surface area contributed by atoms with Crippen LogP contribution in [0.5, 0.6) is 0 Å². The molecule has 7 nitrogen and oxygen atoms in total. The van der Waals surface area contributed by atoms with E-state index in [0.717, 1.165) is 22.8 Å². The monoisotopic (exact) mass is 411 g/mol. The Kier molecular flexibility index (Phi) is 6.44. The molecular weight excluding hydrogens is 386 g/mol. The topological polar surface area (TPSA) is 96.9 Å². The number of fused-ring (bicyclic) bond motifs is 1. The fraction of sp³-hybridized carbons (Fsp3) is 0.556. The number of carbonyl (C=O) groups excluding carboxylic acids is 1. The van der Waals surface area contributed by atoms with Crippen molar-refractivity contribution in [1.82, 2.24) is 5.32 Å². The molecule has 1 aromatic carbocycles. The Hall–Kier alpha value is -1.58. The smallest absolute Gasteiger partial charge is 0.251 e. The fourth-order valence-corrected chi connectivity index (χ4v) is 6.72. The number of hydrogen-bond donors (Lipinski definition) is 2. The highest BCUT2D eigenvalue weighted by molar-refractivity contribution is 8.15. The van der Waals surface area contributed by atoms with Gasteiger partial charge in [0, 0.05) is 36.3 Å². The van der Waals surface area contributed by atoms with Crippen LogP contribution in [0.25, 0.3) is 0 Å². The lowest BCUT2D eigenvalue weighted by molar-refractivity contribution is 0.0944. The van der Waals surface area contributed by atoms with Gasteiger partial charge in [0.25, 0.3) is 5.91 Å². The van der Waals surface area contributed by atoms with Crippen LogP contribution < -0.4 is 10.6 Å². The minimum atomic E-state index is -2.96. The second-order valence-electron chi connectivity index (χ2n) is 6.70. The van der Waals surface area contributed by atoms with Gasteiger partial charge in [-0.2, -0.15) is 0 Å². The quantitative estimate of drug-likeness (QED) is 0.665. The second-order valence-corrected chi connectivity index (χ2v) is 10.1. The molecule has 1 saturated heterocycles. The molecule has 0 aromatic heterocycles. The summed E-state index contributed by atoms with van der Waals surface area (Å²) in [6, 6.07) is 5.33. The van der Waals surface area contributed by atoms with Gasteiger partial charge in [0.05, 0.1) is 17.5 Å². The number of thioether (sulfide) groups is 1. The largest absolute Gasteiger partial charge is 0.382 e. The van der Waals surface area contributed by atoms with Crippen molar-refractivity contribution >= 4 is 38.4 Å². The van der Waals surface area contributed by atoms with E-state index < -0.39 is 9.84 Å². The van der Waals surface area contributed by atoms with Gasteiger partial charge in [0.15, 0.2) is 15.0 Å². The molecule has 2 N–H and O–H groups in total. The van der Waals surface area contributed by atoms with Gasteiger partial charge in [-0.1, -0.05) is 17.8 Å². The summed E-state index contributed by atoms with van der Waals surface area (Å²) >= 11 is 1.47. The molecule has 9 heteroatoms. The third-order valence-corrected chi connectivity index (χ3v) is 7.66. The zero-order valence-electron chi connectivity index (χ0n) is 15.5. The van der Waals surface area contributed by atoms with Crippen LogP contribution in [0.2, 0.25) is 0 Å². The first-order valence-electron chi connectivity index (χ1n) is 9.06. The lowest BCUT2D eigenvalue weighted by Crippen LogP contribution is -2.25. The van der Waals surface area contributed by atoms with E-state index in [1.54, 1.807) is 12.1 Å². The number of aliphatic imine (C=N–C) groups is 1. The van der Waals surface area contributed by atoms with Gasteiger partial charge in [-0.15, -0.1) is 0 Å². The maximum Gasteiger partial charge on any atom is 0.251 e. The van der Waals surface area contributed by atoms with Gasteiger partial charge < -0.3 is 15.4 Å². The normalized spacial score (nSPS) is 23.0. The fourth-order valence-electron chi connectivity index (χ4n) is 3.05. The van der Waals surface area contributed by atoms with Crippen LogP contribution in [-0.2, 0) is 14.6 Å². The minimum absolute atomic E-state index is 0.00497. The molecule has 1 aromatic rings. The number of benzene rings is 1. The molecule has 27 heavy (non-hydrogen) atoms. The predicted octanol–water partition coefficient (Wildman–Crippen LogP) is 1.83. The highest BCUT2D eigenvalue weighted by Crippen LogP contribution is 2.35. The highest BCUT2D eigenvalue weighted by Gasteiger charge is 2.42. The van der Waals surface area contributed by atoms with Crippen molar-refractivity contribution in [3.63, 3.8) is 0 Å². The molecule has 0 bridgehead atoms. The summed E-state index contributed by atoms with van der Waals surface area (Å²) in [5, 5.41) is 6.87. The Morgan fingerprint density at radius 1 is 1.37 bits per heavy atom. The van der Waals surface area contributed by atoms with Gasteiger partial charge in [-0.3, -0.25) is 9.79 Å². The average Bonchev–Trinajstić information content (AvgIpc) is 3.09. The van der Waals surface area contributed by atoms with E-state index in [-0.39, 0.29) is 28.7 Å². The van der Waals surface area contributed by atoms with E-state index in [4.69, 9.17) is 4.74 Å². The number of hydrogen-bond acceptors (Lipinski definition) is 7. The van der Waals surface area contributed by atoms with E-state index in [1.165, 1.54) is 11.8 Å². The van der Waals surface area contributed by atoms with Crippen molar-refractivity contribution in [2.75, 3.05) is 36.6 Å². The lowest BCUT2D eigenvalue weighted by atomic mass is 10.1. The predicted molar refractivity (Wildman–Crippen MR) is 110 cm³/mol. The third kappa shape index (κ3) is 5.24. The van der Waals surface area contributed by atoms with Crippen molar-refractivity contribution in [3.8, 4) is 0 Å². The summed E-state index contributed by atoms with van der Waals surface area (Å²) in [4.78, 5) is 16.8. The van der Waals surface area contributed by atoms with E-state index in [9.17, 15) is 13.2 Å². The molecule has 0 saturated carbocycles. The SMILES string of the molecule is CCOCCCNC(=O)c1ccc(C)c(NC2=N[C@H]3CS(=O)(=O)C[C@H]3S2)c1. The van der Waals surface area contributed by atoms with E-state index in [1.807, 2.05) is 19.9 Å². The molecule has 2 aliphatic heterocycles. The summed E-state index contributed by atoms with van der Waals surface area (Å²) in [7, 11) is -2.96. The van der Waals surface area contributed by atoms with Crippen LogP contribution >= 0.6 is 11.8 Å². The number of nitrogens with one attached hydrogen (secondary N) is 2. The number of rotatable bonds is 7. The van der Waals surface area contributed by atoms with Crippen molar-refractivity contribution in [3.05, 3.63) is 29.3 Å². The molecule has 2 heterocycles. The van der Waals surface area contributed by atoms with Crippen LogP contribution in [0.1, 0.15) is 29.3 Å². The van der Waals surface area contributed by atoms with Crippen LogP contribution in [0, 0.1) is 6.92 Å². The number of carbonyl (C=O) groups is 1. The standard InChI is InChI=1S/C18H25N3O4S2/c1-3-25-8-4-7-19-17(22)13-6-5-12(2)14(9-13)20-18-21-15-10-27(23,24)11-16(15)26-18/h5-6,9,15-16H,3-4,7-8,10-11H2,1-2H3,(H,19,22)(H,20,21)/t15-,16+/m0/s1. The zero-order valence-corrected chi connectivity index (χ0v) is 17.2. The number of ether oxygens (including phenoxy) is 1. The number of nitrogens with zero attached hydrogens (tertiary/aromatic N) is 1. The molecule has 2 aliphatic rings. The number of sulfone groups is 1. The van der Waals surface area contributed by atoms with Gasteiger partial charge in [0.2, 0.25) is 0 Å². The highest BCUT2D eigenvalue weighted by atomic mass is 32.2. The van der Waals surface area contributed by atoms with Gasteiger partial charge in [0.1, 0.15) is 0 Å². The Balaban J connectivity index is 1.60. The first-order valence-corrected chi connectivity index (χ1v) is 11.8. The Bertz CT molecular complexity index is 839. The zero-order chi connectivity index (χ0) is 19.4. The molecule has 0 spiro atoms. The van der Waals surface area contributed by atoms with E-state index >= 15 is 0 Å². The molecule has 0 radical (unpaired) electrons.